The fraction of sp³-hybridized carbons (Fsp3) is 0.290. The van der Waals surface area contributed by atoms with E-state index in [0.717, 1.165) is 34.9 Å². The van der Waals surface area contributed by atoms with Crippen LogP contribution < -0.4 is 14.8 Å². The summed E-state index contributed by atoms with van der Waals surface area (Å²) in [5.74, 6) is 0.570. The first kappa shape index (κ1) is 27.1. The van der Waals surface area contributed by atoms with E-state index in [4.69, 9.17) is 9.47 Å². The largest absolute Gasteiger partial charge is 0.497 e. The van der Waals surface area contributed by atoms with Crippen LogP contribution in [0.25, 0.3) is 10.9 Å². The third kappa shape index (κ3) is 6.36. The number of anilines is 1. The van der Waals surface area contributed by atoms with Gasteiger partial charge in [0.25, 0.3) is 0 Å². The lowest BCUT2D eigenvalue weighted by molar-refractivity contribution is -0.132. The molecule has 8 nitrogen and oxygen atoms in total. The van der Waals surface area contributed by atoms with E-state index >= 15 is 0 Å². The van der Waals surface area contributed by atoms with E-state index in [2.05, 4.69) is 16.4 Å². The van der Waals surface area contributed by atoms with Crippen molar-refractivity contribution in [2.45, 2.75) is 31.8 Å². The van der Waals surface area contributed by atoms with Crippen LogP contribution in [0.4, 0.5) is 14.9 Å². The van der Waals surface area contributed by atoms with E-state index in [1.165, 1.54) is 19.2 Å². The molecule has 208 valence electrons. The van der Waals surface area contributed by atoms with Crippen LogP contribution in [0.3, 0.4) is 0 Å². The normalized spacial score (nSPS) is 12.7. The number of methoxy groups -OCH3 is 2. The monoisotopic (exact) mass is 544 g/mol. The van der Waals surface area contributed by atoms with Crippen molar-refractivity contribution in [2.24, 2.45) is 0 Å². The number of rotatable bonds is 11. The minimum absolute atomic E-state index is 0.00511. The Labute approximate surface area is 232 Å². The highest BCUT2D eigenvalue weighted by Gasteiger charge is 2.35. The number of nitrogens with zero attached hydrogens (tertiary/aromatic N) is 2. The van der Waals surface area contributed by atoms with E-state index in [1.807, 2.05) is 24.4 Å². The molecule has 4 aromatic rings. The number of hydrogen-bond donors (Lipinski definition) is 2. The van der Waals surface area contributed by atoms with Crippen molar-refractivity contribution in [2.75, 3.05) is 32.6 Å². The lowest BCUT2D eigenvalue weighted by Crippen LogP contribution is -2.45. The Morgan fingerprint density at radius 3 is 2.52 bits per heavy atom. The summed E-state index contributed by atoms with van der Waals surface area (Å²) in [7, 11) is 3.08. The van der Waals surface area contributed by atoms with Crippen LogP contribution in [0.5, 0.6) is 11.5 Å². The molecule has 3 amide bonds. The van der Waals surface area contributed by atoms with Gasteiger partial charge >= 0.3 is 6.03 Å². The number of aromatic amines is 1. The Balaban J connectivity index is 1.32. The van der Waals surface area contributed by atoms with Gasteiger partial charge in [0.2, 0.25) is 5.91 Å². The Hall–Kier alpha value is -4.53. The van der Waals surface area contributed by atoms with Crippen molar-refractivity contribution >= 4 is 28.5 Å². The average Bonchev–Trinajstić information content (AvgIpc) is 3.74. The fourth-order valence-corrected chi connectivity index (χ4v) is 4.78. The minimum atomic E-state index is -0.363. The maximum atomic E-state index is 13.7. The second-order valence-corrected chi connectivity index (χ2v) is 9.91. The van der Waals surface area contributed by atoms with Gasteiger partial charge in [-0.2, -0.15) is 0 Å². The molecule has 2 N–H and O–H groups in total. The van der Waals surface area contributed by atoms with Crippen molar-refractivity contribution in [1.82, 2.24) is 14.8 Å². The zero-order chi connectivity index (χ0) is 28.1. The molecule has 1 aromatic heterocycles. The van der Waals surface area contributed by atoms with Gasteiger partial charge in [-0.25, -0.2) is 9.18 Å². The number of amides is 3. The molecule has 0 saturated heterocycles. The Morgan fingerprint density at radius 1 is 1.02 bits per heavy atom. The van der Waals surface area contributed by atoms with Crippen LogP contribution >= 0.6 is 0 Å². The zero-order valence-electron chi connectivity index (χ0n) is 22.7. The number of hydrogen-bond acceptors (Lipinski definition) is 4. The molecule has 1 saturated carbocycles. The molecular weight excluding hydrogens is 511 g/mol. The zero-order valence-corrected chi connectivity index (χ0v) is 22.7. The second kappa shape index (κ2) is 12.1. The molecule has 0 aliphatic heterocycles. The van der Waals surface area contributed by atoms with E-state index in [9.17, 15) is 14.0 Å². The number of H-pyrrole nitrogens is 1. The Kier molecular flexibility index (Phi) is 8.19. The summed E-state index contributed by atoms with van der Waals surface area (Å²) in [6, 6.07) is 19.0. The van der Waals surface area contributed by atoms with Crippen molar-refractivity contribution in [1.29, 1.82) is 0 Å². The maximum absolute atomic E-state index is 13.7. The molecule has 0 radical (unpaired) electrons. The van der Waals surface area contributed by atoms with Crippen molar-refractivity contribution in [3.05, 3.63) is 89.9 Å². The summed E-state index contributed by atoms with van der Waals surface area (Å²) in [6.45, 7) is 0.697. The number of urea groups is 1. The number of fused-ring (bicyclic) bond motifs is 1. The van der Waals surface area contributed by atoms with E-state index in [-0.39, 0.29) is 30.3 Å². The summed E-state index contributed by atoms with van der Waals surface area (Å²) in [4.78, 5) is 33.7. The number of nitrogens with one attached hydrogen (secondary N) is 2. The first-order chi connectivity index (χ1) is 19.4. The third-order valence-electron chi connectivity index (χ3n) is 7.17. The van der Waals surface area contributed by atoms with Crippen LogP contribution in [0.1, 0.15) is 24.0 Å². The highest BCUT2D eigenvalue weighted by molar-refractivity contribution is 5.94. The van der Waals surface area contributed by atoms with Crippen LogP contribution in [0.15, 0.2) is 72.9 Å². The number of aromatic nitrogens is 1. The van der Waals surface area contributed by atoms with Crippen molar-refractivity contribution in [3.8, 4) is 11.5 Å². The number of para-hydroxylation sites is 1. The number of benzene rings is 3. The first-order valence-corrected chi connectivity index (χ1v) is 13.3. The quantitative estimate of drug-likeness (QED) is 0.258. The Morgan fingerprint density at radius 2 is 1.80 bits per heavy atom. The van der Waals surface area contributed by atoms with E-state index in [1.54, 1.807) is 47.2 Å². The topological polar surface area (TPSA) is 86.9 Å². The number of ether oxygens (including phenoxy) is 2. The molecule has 9 heteroatoms. The maximum Gasteiger partial charge on any atom is 0.322 e. The lowest BCUT2D eigenvalue weighted by atomic mass is 10.1. The van der Waals surface area contributed by atoms with Crippen molar-refractivity contribution in [3.63, 3.8) is 0 Å². The Bertz CT molecular complexity index is 1480. The molecule has 0 bridgehead atoms. The highest BCUT2D eigenvalue weighted by atomic mass is 19.1. The van der Waals surface area contributed by atoms with Crippen molar-refractivity contribution < 1.29 is 23.5 Å². The molecule has 0 atom stereocenters. The number of halogens is 1. The molecule has 0 spiro atoms. The fourth-order valence-electron chi connectivity index (χ4n) is 4.78. The second-order valence-electron chi connectivity index (χ2n) is 9.91. The van der Waals surface area contributed by atoms with Gasteiger partial charge in [0.1, 0.15) is 23.9 Å². The number of carbonyl (C=O) groups excluding carboxylic acids is 2. The highest BCUT2D eigenvalue weighted by Crippen LogP contribution is 2.32. The lowest BCUT2D eigenvalue weighted by Gasteiger charge is -2.28. The van der Waals surface area contributed by atoms with Gasteiger partial charge in [-0.05, 0) is 60.7 Å². The van der Waals surface area contributed by atoms with Gasteiger partial charge in [0.15, 0.2) is 0 Å². The molecule has 3 aromatic carbocycles. The van der Waals surface area contributed by atoms with Gasteiger partial charge in [-0.3, -0.25) is 4.79 Å². The predicted octanol–water partition coefficient (Wildman–Crippen LogP) is 5.59. The van der Waals surface area contributed by atoms with Gasteiger partial charge < -0.3 is 29.6 Å². The van der Waals surface area contributed by atoms with Crippen LogP contribution in [-0.2, 0) is 17.8 Å². The van der Waals surface area contributed by atoms with Gasteiger partial charge in [0.05, 0.1) is 19.9 Å². The van der Waals surface area contributed by atoms with E-state index < -0.39 is 0 Å². The molecular formula is C31H33FN4O4. The molecule has 40 heavy (non-hydrogen) atoms. The summed E-state index contributed by atoms with van der Waals surface area (Å²) < 4.78 is 24.2. The molecule has 1 fully saturated rings. The summed E-state index contributed by atoms with van der Waals surface area (Å²) >= 11 is 0. The molecule has 1 aliphatic carbocycles. The van der Waals surface area contributed by atoms with Crippen LogP contribution in [-0.4, -0.2) is 60.1 Å². The average molecular weight is 545 g/mol. The SMILES string of the molecule is COc1ccc(NC(=O)N(CC(=O)N(CCc2c[nH]c3ccccc23)Cc2ccc(F)cc2)C2CC2)c(OC)c1. The predicted molar refractivity (Wildman–Crippen MR) is 152 cm³/mol. The summed E-state index contributed by atoms with van der Waals surface area (Å²) in [6.07, 6.45) is 4.29. The summed E-state index contributed by atoms with van der Waals surface area (Å²) in [5.41, 5.74) is 3.46. The minimum Gasteiger partial charge on any atom is -0.497 e. The van der Waals surface area contributed by atoms with Gasteiger partial charge in [-0.15, -0.1) is 0 Å². The van der Waals surface area contributed by atoms with Gasteiger partial charge in [-0.1, -0.05) is 30.3 Å². The molecule has 1 heterocycles. The molecule has 1 aliphatic rings. The molecule has 0 unspecified atom stereocenters. The first-order valence-electron chi connectivity index (χ1n) is 13.3. The van der Waals surface area contributed by atoms with Crippen LogP contribution in [0, 0.1) is 5.82 Å². The molecule has 5 rings (SSSR count). The van der Waals surface area contributed by atoms with Crippen LogP contribution in [0.2, 0.25) is 0 Å². The standard InChI is InChI=1S/C31H33FN4O4/c1-39-25-13-14-28(29(17-25)40-2)34-31(38)36(24-11-12-24)20-30(37)35(19-21-7-9-23(32)10-8-21)16-15-22-18-33-27-6-4-3-5-26(22)27/h3-10,13-14,17-18,24,33H,11-12,15-16,19-20H2,1-2H3,(H,34,38). The smallest absolute Gasteiger partial charge is 0.322 e. The third-order valence-corrected chi connectivity index (χ3v) is 7.17. The van der Waals surface area contributed by atoms with E-state index in [0.29, 0.717) is 36.7 Å². The van der Waals surface area contributed by atoms with Gasteiger partial charge in [0, 0.05) is 42.3 Å². The summed E-state index contributed by atoms with van der Waals surface area (Å²) in [5, 5.41) is 4.01. The number of carbonyl (C=O) groups is 2.